The summed E-state index contributed by atoms with van der Waals surface area (Å²) in [5.74, 6) is 0. The van der Waals surface area contributed by atoms with Gasteiger partial charge in [0.2, 0.25) is 0 Å². The normalized spacial score (nSPS) is 18.0. The first-order valence-corrected chi connectivity index (χ1v) is 7.46. The summed E-state index contributed by atoms with van der Waals surface area (Å²) in [6.07, 6.45) is -0.833. The van der Waals surface area contributed by atoms with E-state index >= 15 is 0 Å². The van der Waals surface area contributed by atoms with Gasteiger partial charge in [-0.2, -0.15) is 0 Å². The smallest absolute Gasteiger partial charge is 0.0536 e. The van der Waals surface area contributed by atoms with Crippen LogP contribution in [0.4, 0.5) is 0 Å². The summed E-state index contributed by atoms with van der Waals surface area (Å²) in [7, 11) is 0. The molecular formula is C15H36GaO6. The van der Waals surface area contributed by atoms with Gasteiger partial charge >= 0.3 is 0 Å². The van der Waals surface area contributed by atoms with Crippen molar-refractivity contribution in [2.75, 3.05) is 0 Å². The second-order valence-electron chi connectivity index (χ2n) is 5.80. The van der Waals surface area contributed by atoms with Crippen LogP contribution < -0.4 is 0 Å². The van der Waals surface area contributed by atoms with Crippen molar-refractivity contribution in [3.8, 4) is 0 Å². The van der Waals surface area contributed by atoms with Gasteiger partial charge in [-0.1, -0.05) is 0 Å². The van der Waals surface area contributed by atoms with Gasteiger partial charge in [-0.05, 0) is 60.8 Å². The Labute approximate surface area is 148 Å². The van der Waals surface area contributed by atoms with Crippen LogP contribution in [0.15, 0.2) is 0 Å². The number of hydrogen-bond acceptors (Lipinski definition) is 6. The molecule has 0 heterocycles. The van der Waals surface area contributed by atoms with Crippen molar-refractivity contribution in [2.24, 2.45) is 0 Å². The van der Waals surface area contributed by atoms with E-state index in [-0.39, 0.29) is 56.4 Å². The first kappa shape index (κ1) is 30.3. The minimum atomic E-state index is -0.375. The van der Waals surface area contributed by atoms with E-state index in [1.54, 1.807) is 41.5 Å². The van der Waals surface area contributed by atoms with Crippen molar-refractivity contribution < 1.29 is 30.6 Å². The first-order valence-electron chi connectivity index (χ1n) is 7.46. The van der Waals surface area contributed by atoms with E-state index in [1.165, 1.54) is 0 Å². The summed E-state index contributed by atoms with van der Waals surface area (Å²) in [5.41, 5.74) is 0. The summed E-state index contributed by atoms with van der Waals surface area (Å²) in [6, 6.07) is 0. The van der Waals surface area contributed by atoms with Crippen LogP contribution >= 0.6 is 0 Å². The Morgan fingerprint density at radius 2 is 0.500 bits per heavy atom. The Balaban J connectivity index is -0.000000108. The molecule has 0 saturated carbocycles. The summed E-state index contributed by atoms with van der Waals surface area (Å²) in [4.78, 5) is 0. The molecule has 0 aliphatic rings. The maximum Gasteiger partial charge on any atom is 0.0536 e. The van der Waals surface area contributed by atoms with Crippen molar-refractivity contribution in [3.05, 3.63) is 0 Å². The summed E-state index contributed by atoms with van der Waals surface area (Å²) in [5, 5.41) is 51.4. The molecule has 0 aliphatic carbocycles. The van der Waals surface area contributed by atoms with Crippen LogP contribution in [0, 0.1) is 0 Å². The average Bonchev–Trinajstić information content (AvgIpc) is 2.10. The van der Waals surface area contributed by atoms with Gasteiger partial charge in [0.1, 0.15) is 0 Å². The maximum atomic E-state index is 8.56. The fraction of sp³-hybridized carbons (Fsp3) is 1.00. The monoisotopic (exact) mass is 381 g/mol. The molecule has 6 atom stereocenters. The average molecular weight is 382 g/mol. The second kappa shape index (κ2) is 19.4. The third-order valence-corrected chi connectivity index (χ3v) is 2.05. The topological polar surface area (TPSA) is 121 Å². The molecule has 0 rings (SSSR count). The van der Waals surface area contributed by atoms with Gasteiger partial charge in [-0.25, -0.2) is 0 Å². The van der Waals surface area contributed by atoms with E-state index in [1.807, 2.05) is 0 Å². The van der Waals surface area contributed by atoms with Gasteiger partial charge in [-0.15, -0.1) is 0 Å². The molecule has 6 unspecified atom stereocenters. The van der Waals surface area contributed by atoms with Crippen molar-refractivity contribution >= 4 is 19.8 Å². The fourth-order valence-corrected chi connectivity index (χ4v) is 1.48. The fourth-order valence-electron chi connectivity index (χ4n) is 1.48. The molecule has 0 aliphatic heterocycles. The van der Waals surface area contributed by atoms with Crippen molar-refractivity contribution in [1.82, 2.24) is 0 Å². The van der Waals surface area contributed by atoms with Crippen LogP contribution in [-0.2, 0) is 0 Å². The zero-order valence-corrected chi connectivity index (χ0v) is 17.3. The van der Waals surface area contributed by atoms with Crippen LogP contribution in [0.3, 0.4) is 0 Å². The zero-order chi connectivity index (χ0) is 17.6. The minimum Gasteiger partial charge on any atom is -0.393 e. The number of hydrogen-bond donors (Lipinski definition) is 6. The van der Waals surface area contributed by atoms with Gasteiger partial charge in [0.25, 0.3) is 0 Å². The quantitative estimate of drug-likeness (QED) is 0.361. The molecular weight excluding hydrogens is 346 g/mol. The van der Waals surface area contributed by atoms with Gasteiger partial charge < -0.3 is 30.6 Å². The van der Waals surface area contributed by atoms with Gasteiger partial charge in [0.05, 0.1) is 36.6 Å². The first-order chi connectivity index (χ1) is 9.38. The molecule has 0 saturated heterocycles. The standard InChI is InChI=1S/3C5H12O2.Ga/c3*1-4(6)3-5(2)7;/h3*4-7H,3H2,1-2H3;. The van der Waals surface area contributed by atoms with E-state index in [9.17, 15) is 0 Å². The van der Waals surface area contributed by atoms with Crippen LogP contribution in [0.2, 0.25) is 0 Å². The summed E-state index contributed by atoms with van der Waals surface area (Å²) in [6.45, 7) is 9.96. The van der Waals surface area contributed by atoms with Gasteiger partial charge in [0.15, 0.2) is 0 Å². The zero-order valence-electron chi connectivity index (χ0n) is 14.8. The van der Waals surface area contributed by atoms with E-state index < -0.39 is 0 Å². The molecule has 7 heteroatoms. The number of rotatable bonds is 6. The molecule has 0 spiro atoms. The Hall–Kier alpha value is 0.396. The van der Waals surface area contributed by atoms with Crippen LogP contribution in [-0.4, -0.2) is 87.1 Å². The van der Waals surface area contributed by atoms with E-state index in [2.05, 4.69) is 0 Å². The van der Waals surface area contributed by atoms with E-state index in [0.29, 0.717) is 19.3 Å². The molecule has 3 radical (unpaired) electrons. The molecule has 135 valence electrons. The van der Waals surface area contributed by atoms with Gasteiger partial charge in [-0.3, -0.25) is 0 Å². The number of aliphatic hydroxyl groups excluding tert-OH is 6. The van der Waals surface area contributed by atoms with E-state index in [4.69, 9.17) is 30.6 Å². The second-order valence-corrected chi connectivity index (χ2v) is 5.80. The predicted molar refractivity (Wildman–Crippen MR) is 89.7 cm³/mol. The molecule has 0 aromatic rings. The molecule has 0 aromatic carbocycles. The molecule has 0 aromatic heterocycles. The van der Waals surface area contributed by atoms with Crippen LogP contribution in [0.5, 0.6) is 0 Å². The SMILES string of the molecule is CC(O)CC(C)O.CC(O)CC(C)O.CC(O)CC(C)O.[Ga]. The largest absolute Gasteiger partial charge is 0.393 e. The minimum absolute atomic E-state index is 0. The predicted octanol–water partition coefficient (Wildman–Crippen LogP) is 0.0335. The Morgan fingerprint density at radius 3 is 0.500 bits per heavy atom. The third kappa shape index (κ3) is 49.9. The van der Waals surface area contributed by atoms with E-state index in [0.717, 1.165) is 0 Å². The Morgan fingerprint density at radius 1 is 0.409 bits per heavy atom. The molecule has 0 amide bonds. The van der Waals surface area contributed by atoms with Crippen molar-refractivity contribution in [1.29, 1.82) is 0 Å². The molecule has 0 bridgehead atoms. The Kier molecular flexibility index (Phi) is 26.8. The third-order valence-electron chi connectivity index (χ3n) is 2.05. The number of aliphatic hydroxyl groups is 6. The molecule has 22 heavy (non-hydrogen) atoms. The van der Waals surface area contributed by atoms with Crippen molar-refractivity contribution in [2.45, 2.75) is 97.4 Å². The van der Waals surface area contributed by atoms with Crippen LogP contribution in [0.25, 0.3) is 0 Å². The van der Waals surface area contributed by atoms with Gasteiger partial charge in [0, 0.05) is 19.8 Å². The van der Waals surface area contributed by atoms with Crippen molar-refractivity contribution in [3.63, 3.8) is 0 Å². The maximum absolute atomic E-state index is 8.56. The molecule has 6 nitrogen and oxygen atoms in total. The molecule has 0 fully saturated rings. The summed E-state index contributed by atoms with van der Waals surface area (Å²) >= 11 is 0. The summed E-state index contributed by atoms with van der Waals surface area (Å²) < 4.78 is 0. The molecule has 6 N–H and O–H groups in total. The Bertz CT molecular complexity index is 145. The van der Waals surface area contributed by atoms with Crippen LogP contribution in [0.1, 0.15) is 60.8 Å².